The number of carboxylic acid groups (broad SMARTS) is 1. The number of nitrogens with one attached hydrogen (secondary N) is 2. The van der Waals surface area contributed by atoms with Gasteiger partial charge >= 0.3 is 12.0 Å². The van der Waals surface area contributed by atoms with Gasteiger partial charge in [-0.25, -0.2) is 4.79 Å². The molecule has 0 aromatic rings. The highest BCUT2D eigenvalue weighted by atomic mass is 16.4. The van der Waals surface area contributed by atoms with E-state index in [4.69, 9.17) is 5.11 Å². The van der Waals surface area contributed by atoms with Crippen LogP contribution < -0.4 is 10.6 Å². The lowest BCUT2D eigenvalue weighted by molar-refractivity contribution is -0.137. The molecule has 1 aliphatic rings. The minimum atomic E-state index is -0.827. The number of rotatable bonds is 7. The van der Waals surface area contributed by atoms with E-state index < -0.39 is 5.97 Å². The molecule has 3 N–H and O–H groups in total. The lowest BCUT2D eigenvalue weighted by Crippen LogP contribution is -2.38. The zero-order valence-corrected chi connectivity index (χ0v) is 10.5. The third-order valence-electron chi connectivity index (χ3n) is 2.87. The molecule has 17 heavy (non-hydrogen) atoms. The van der Waals surface area contributed by atoms with Crippen LogP contribution in [0.15, 0.2) is 0 Å². The van der Waals surface area contributed by atoms with Crippen LogP contribution in [0.1, 0.15) is 39.5 Å². The van der Waals surface area contributed by atoms with Crippen molar-refractivity contribution in [3.05, 3.63) is 0 Å². The molecule has 0 saturated heterocycles. The van der Waals surface area contributed by atoms with Gasteiger partial charge < -0.3 is 15.7 Å². The van der Waals surface area contributed by atoms with Crippen LogP contribution in [-0.2, 0) is 4.79 Å². The number of hydrogen-bond acceptors (Lipinski definition) is 2. The van der Waals surface area contributed by atoms with Gasteiger partial charge in [-0.1, -0.05) is 13.8 Å². The first-order valence-corrected chi connectivity index (χ1v) is 6.25. The lowest BCUT2D eigenvalue weighted by atomic mass is 10.1. The number of urea groups is 1. The summed E-state index contributed by atoms with van der Waals surface area (Å²) in [6.45, 7) is 4.78. The van der Waals surface area contributed by atoms with E-state index in [1.807, 2.05) is 0 Å². The molecule has 0 aliphatic heterocycles. The monoisotopic (exact) mass is 242 g/mol. The maximum Gasteiger partial charge on any atom is 0.315 e. The quantitative estimate of drug-likeness (QED) is 0.593. The van der Waals surface area contributed by atoms with Crippen LogP contribution in [-0.4, -0.2) is 29.7 Å². The second kappa shape index (κ2) is 6.47. The Hall–Kier alpha value is -1.26. The Balaban J connectivity index is 2.01. The molecule has 5 heteroatoms. The standard InChI is InChI=1S/C12H22N2O3/c1-8(2)6-9-7-10(9)14-12(17)13-5-3-4-11(15)16/h8-10H,3-7H2,1-2H3,(H,15,16)(H2,13,14,17)/t9-,10-/m1/s1. The molecule has 1 aliphatic carbocycles. The summed E-state index contributed by atoms with van der Waals surface area (Å²) >= 11 is 0. The molecule has 0 unspecified atom stereocenters. The van der Waals surface area contributed by atoms with Crippen molar-refractivity contribution in [3.8, 4) is 0 Å². The second-order valence-corrected chi connectivity index (χ2v) is 5.13. The lowest BCUT2D eigenvalue weighted by Gasteiger charge is -2.07. The van der Waals surface area contributed by atoms with E-state index in [1.165, 1.54) is 0 Å². The highest BCUT2D eigenvalue weighted by Gasteiger charge is 2.38. The van der Waals surface area contributed by atoms with Crippen LogP contribution >= 0.6 is 0 Å². The summed E-state index contributed by atoms with van der Waals surface area (Å²) in [6.07, 6.45) is 2.80. The maximum atomic E-state index is 11.4. The normalized spacial score (nSPS) is 22.3. The van der Waals surface area contributed by atoms with Gasteiger partial charge in [-0.3, -0.25) is 4.79 Å². The molecule has 1 saturated carbocycles. The van der Waals surface area contributed by atoms with Crippen molar-refractivity contribution in [2.24, 2.45) is 11.8 Å². The van der Waals surface area contributed by atoms with E-state index in [-0.39, 0.29) is 12.5 Å². The fourth-order valence-corrected chi connectivity index (χ4v) is 1.95. The number of amides is 2. The average molecular weight is 242 g/mol. The predicted molar refractivity (Wildman–Crippen MR) is 64.8 cm³/mol. The van der Waals surface area contributed by atoms with Crippen molar-refractivity contribution in [3.63, 3.8) is 0 Å². The van der Waals surface area contributed by atoms with Gasteiger partial charge in [0.1, 0.15) is 0 Å². The first-order chi connectivity index (χ1) is 7.99. The zero-order chi connectivity index (χ0) is 12.8. The van der Waals surface area contributed by atoms with Crippen molar-refractivity contribution in [1.29, 1.82) is 0 Å². The van der Waals surface area contributed by atoms with Crippen molar-refractivity contribution < 1.29 is 14.7 Å². The van der Waals surface area contributed by atoms with E-state index in [0.29, 0.717) is 30.8 Å². The van der Waals surface area contributed by atoms with E-state index >= 15 is 0 Å². The summed E-state index contributed by atoms with van der Waals surface area (Å²) in [5, 5.41) is 14.0. The Labute approximate surface area is 102 Å². The molecular weight excluding hydrogens is 220 g/mol. The van der Waals surface area contributed by atoms with Gasteiger partial charge in [-0.2, -0.15) is 0 Å². The Morgan fingerprint density at radius 2 is 2.12 bits per heavy atom. The van der Waals surface area contributed by atoms with Crippen LogP contribution in [0.3, 0.4) is 0 Å². The van der Waals surface area contributed by atoms with E-state index in [2.05, 4.69) is 24.5 Å². The molecule has 0 heterocycles. The molecule has 0 radical (unpaired) electrons. The van der Waals surface area contributed by atoms with Gasteiger partial charge in [0.05, 0.1) is 0 Å². The van der Waals surface area contributed by atoms with E-state index in [9.17, 15) is 9.59 Å². The smallest absolute Gasteiger partial charge is 0.315 e. The first kappa shape index (κ1) is 13.8. The van der Waals surface area contributed by atoms with Crippen molar-refractivity contribution in [1.82, 2.24) is 10.6 Å². The Kier molecular flexibility index (Phi) is 5.25. The molecule has 0 bridgehead atoms. The first-order valence-electron chi connectivity index (χ1n) is 6.25. The van der Waals surface area contributed by atoms with Gasteiger partial charge in [0.2, 0.25) is 0 Å². The Morgan fingerprint density at radius 1 is 1.41 bits per heavy atom. The predicted octanol–water partition coefficient (Wildman–Crippen LogP) is 1.58. The number of carboxylic acids is 1. The molecule has 1 rings (SSSR count). The molecule has 5 nitrogen and oxygen atoms in total. The number of carbonyl (C=O) groups excluding carboxylic acids is 1. The Bertz CT molecular complexity index is 279. The summed E-state index contributed by atoms with van der Waals surface area (Å²) in [7, 11) is 0. The van der Waals surface area contributed by atoms with E-state index in [0.717, 1.165) is 12.8 Å². The molecule has 98 valence electrons. The topological polar surface area (TPSA) is 78.4 Å². The third-order valence-corrected chi connectivity index (χ3v) is 2.87. The largest absolute Gasteiger partial charge is 0.481 e. The number of carbonyl (C=O) groups is 2. The highest BCUT2D eigenvalue weighted by Crippen LogP contribution is 2.35. The van der Waals surface area contributed by atoms with Gasteiger partial charge in [-0.05, 0) is 31.1 Å². The summed E-state index contributed by atoms with van der Waals surface area (Å²) < 4.78 is 0. The third kappa shape index (κ3) is 6.14. The minimum absolute atomic E-state index is 0.0969. The summed E-state index contributed by atoms with van der Waals surface area (Å²) in [5.41, 5.74) is 0. The highest BCUT2D eigenvalue weighted by molar-refractivity contribution is 5.74. The summed E-state index contributed by atoms with van der Waals surface area (Å²) in [4.78, 5) is 21.6. The maximum absolute atomic E-state index is 11.4. The molecule has 2 amide bonds. The van der Waals surface area contributed by atoms with Crippen molar-refractivity contribution in [2.45, 2.75) is 45.6 Å². The van der Waals surface area contributed by atoms with Crippen LogP contribution in [0.4, 0.5) is 4.79 Å². The Morgan fingerprint density at radius 3 is 2.71 bits per heavy atom. The summed E-state index contributed by atoms with van der Waals surface area (Å²) in [6, 6.07) is 0.142. The summed E-state index contributed by atoms with van der Waals surface area (Å²) in [5.74, 6) is 0.469. The number of aliphatic carboxylic acids is 1. The fourth-order valence-electron chi connectivity index (χ4n) is 1.95. The molecule has 0 aromatic carbocycles. The molecule has 2 atom stereocenters. The van der Waals surface area contributed by atoms with Crippen molar-refractivity contribution in [2.75, 3.05) is 6.54 Å². The molecular formula is C12H22N2O3. The van der Waals surface area contributed by atoms with Gasteiger partial charge in [0.25, 0.3) is 0 Å². The fraction of sp³-hybridized carbons (Fsp3) is 0.833. The van der Waals surface area contributed by atoms with Gasteiger partial charge in [0, 0.05) is 19.0 Å². The second-order valence-electron chi connectivity index (χ2n) is 5.13. The zero-order valence-electron chi connectivity index (χ0n) is 10.5. The number of hydrogen-bond donors (Lipinski definition) is 3. The van der Waals surface area contributed by atoms with Crippen LogP contribution in [0, 0.1) is 11.8 Å². The van der Waals surface area contributed by atoms with Crippen LogP contribution in [0.5, 0.6) is 0 Å². The molecule has 0 aromatic heterocycles. The van der Waals surface area contributed by atoms with Gasteiger partial charge in [-0.15, -0.1) is 0 Å². The average Bonchev–Trinajstić information content (AvgIpc) is 2.89. The van der Waals surface area contributed by atoms with Crippen molar-refractivity contribution >= 4 is 12.0 Å². The molecule has 0 spiro atoms. The van der Waals surface area contributed by atoms with E-state index in [1.54, 1.807) is 0 Å². The molecule has 1 fully saturated rings. The van der Waals surface area contributed by atoms with Crippen LogP contribution in [0.25, 0.3) is 0 Å². The minimum Gasteiger partial charge on any atom is -0.481 e. The van der Waals surface area contributed by atoms with Gasteiger partial charge in [0.15, 0.2) is 0 Å². The SMILES string of the molecule is CC(C)C[C@@H]1C[C@H]1NC(=O)NCCCC(=O)O. The van der Waals surface area contributed by atoms with Crippen LogP contribution in [0.2, 0.25) is 0 Å².